The molecule has 0 saturated carbocycles. The van der Waals surface area contributed by atoms with Crippen LogP contribution in [-0.2, 0) is 5.41 Å². The maximum Gasteiger partial charge on any atom is 0.193 e. The van der Waals surface area contributed by atoms with E-state index in [0.29, 0.717) is 0 Å². The maximum atomic E-state index is 4.42. The summed E-state index contributed by atoms with van der Waals surface area (Å²) in [4.78, 5) is 6.78. The third kappa shape index (κ3) is 3.33. The molecule has 1 fully saturated rings. The van der Waals surface area contributed by atoms with Gasteiger partial charge in [-0.2, -0.15) is 0 Å². The van der Waals surface area contributed by atoms with Crippen LogP contribution in [0.1, 0.15) is 37.8 Å². The first kappa shape index (κ1) is 14.9. The molecule has 110 valence electrons. The van der Waals surface area contributed by atoms with Gasteiger partial charge in [-0.25, -0.2) is 0 Å². The van der Waals surface area contributed by atoms with Crippen LogP contribution in [0.2, 0.25) is 0 Å². The van der Waals surface area contributed by atoms with Gasteiger partial charge in [0, 0.05) is 32.1 Å². The summed E-state index contributed by atoms with van der Waals surface area (Å²) in [6.07, 6.45) is 2.56. The van der Waals surface area contributed by atoms with Crippen molar-refractivity contribution in [2.45, 2.75) is 39.0 Å². The quantitative estimate of drug-likeness (QED) is 0.677. The summed E-state index contributed by atoms with van der Waals surface area (Å²) in [6.45, 7) is 9.93. The Bertz CT molecular complexity index is 471. The van der Waals surface area contributed by atoms with Crippen molar-refractivity contribution in [1.82, 2.24) is 10.2 Å². The highest BCUT2D eigenvalue weighted by Crippen LogP contribution is 2.25. The van der Waals surface area contributed by atoms with Crippen molar-refractivity contribution in [3.05, 3.63) is 35.4 Å². The Labute approximate surface area is 123 Å². The van der Waals surface area contributed by atoms with Crippen molar-refractivity contribution in [2.24, 2.45) is 4.99 Å². The number of benzene rings is 1. The van der Waals surface area contributed by atoms with Gasteiger partial charge in [0.25, 0.3) is 0 Å². The van der Waals surface area contributed by atoms with Crippen LogP contribution in [0.25, 0.3) is 0 Å². The highest BCUT2D eigenvalue weighted by atomic mass is 15.3. The van der Waals surface area contributed by atoms with Gasteiger partial charge in [0.15, 0.2) is 5.96 Å². The van der Waals surface area contributed by atoms with Crippen molar-refractivity contribution in [2.75, 3.05) is 26.7 Å². The number of guanidine groups is 1. The second-order valence-corrected chi connectivity index (χ2v) is 6.29. The van der Waals surface area contributed by atoms with E-state index >= 15 is 0 Å². The zero-order chi connectivity index (χ0) is 14.6. The number of nitrogens with zero attached hydrogens (tertiary/aromatic N) is 2. The number of hydrogen-bond donors (Lipinski definition) is 1. The Morgan fingerprint density at radius 1 is 1.25 bits per heavy atom. The second kappa shape index (κ2) is 6.29. The Balaban J connectivity index is 2.03. The summed E-state index contributed by atoms with van der Waals surface area (Å²) in [5.74, 6) is 1.05. The molecule has 1 saturated heterocycles. The molecule has 1 heterocycles. The zero-order valence-corrected chi connectivity index (χ0v) is 13.2. The number of aliphatic imine (C=N–C) groups is 1. The lowest BCUT2D eigenvalue weighted by molar-refractivity contribution is 0.457. The first-order valence-electron chi connectivity index (χ1n) is 7.56. The zero-order valence-electron chi connectivity index (χ0n) is 13.2. The average molecular weight is 273 g/mol. The van der Waals surface area contributed by atoms with Crippen LogP contribution in [0.15, 0.2) is 29.3 Å². The normalized spacial score (nSPS) is 16.6. The van der Waals surface area contributed by atoms with Crippen LogP contribution >= 0.6 is 0 Å². The summed E-state index contributed by atoms with van der Waals surface area (Å²) >= 11 is 0. The molecular weight excluding hydrogens is 246 g/mol. The van der Waals surface area contributed by atoms with E-state index < -0.39 is 0 Å². The highest BCUT2D eigenvalue weighted by molar-refractivity contribution is 5.80. The van der Waals surface area contributed by atoms with Crippen molar-refractivity contribution < 1.29 is 0 Å². The lowest BCUT2D eigenvalue weighted by Gasteiger charge is -2.30. The fourth-order valence-corrected chi connectivity index (χ4v) is 2.99. The fraction of sp³-hybridized carbons (Fsp3) is 0.588. The highest BCUT2D eigenvalue weighted by Gasteiger charge is 2.24. The van der Waals surface area contributed by atoms with Crippen LogP contribution in [0, 0.1) is 6.92 Å². The summed E-state index contributed by atoms with van der Waals surface area (Å²) < 4.78 is 0. The van der Waals surface area contributed by atoms with Gasteiger partial charge >= 0.3 is 0 Å². The molecule has 2 rings (SSSR count). The third-order valence-corrected chi connectivity index (χ3v) is 4.18. The average Bonchev–Trinajstić information content (AvgIpc) is 2.94. The third-order valence-electron chi connectivity index (χ3n) is 4.18. The van der Waals surface area contributed by atoms with Gasteiger partial charge in [-0.05, 0) is 30.9 Å². The molecule has 1 aliphatic heterocycles. The van der Waals surface area contributed by atoms with E-state index in [4.69, 9.17) is 0 Å². The van der Waals surface area contributed by atoms with Crippen molar-refractivity contribution in [3.8, 4) is 0 Å². The second-order valence-electron chi connectivity index (χ2n) is 6.29. The summed E-state index contributed by atoms with van der Waals surface area (Å²) in [5.41, 5.74) is 2.86. The molecule has 20 heavy (non-hydrogen) atoms. The molecular formula is C17H27N3. The first-order valence-corrected chi connectivity index (χ1v) is 7.56. The monoisotopic (exact) mass is 273 g/mol. The summed E-state index contributed by atoms with van der Waals surface area (Å²) in [7, 11) is 1.88. The van der Waals surface area contributed by atoms with E-state index in [2.05, 4.69) is 60.2 Å². The molecule has 0 amide bonds. The lowest BCUT2D eigenvalue weighted by Crippen LogP contribution is -2.44. The van der Waals surface area contributed by atoms with Gasteiger partial charge in [-0.3, -0.25) is 4.99 Å². The van der Waals surface area contributed by atoms with Crippen LogP contribution in [0.3, 0.4) is 0 Å². The minimum atomic E-state index is 0.0982. The van der Waals surface area contributed by atoms with Crippen molar-refractivity contribution in [1.29, 1.82) is 0 Å². The molecule has 0 atom stereocenters. The van der Waals surface area contributed by atoms with Crippen LogP contribution in [0.5, 0.6) is 0 Å². The summed E-state index contributed by atoms with van der Waals surface area (Å²) in [6, 6.07) is 8.65. The van der Waals surface area contributed by atoms with Gasteiger partial charge < -0.3 is 10.2 Å². The fourth-order valence-electron chi connectivity index (χ4n) is 2.99. The Morgan fingerprint density at radius 3 is 2.50 bits per heavy atom. The number of rotatable bonds is 3. The lowest BCUT2D eigenvalue weighted by atomic mass is 9.82. The Kier molecular flexibility index (Phi) is 4.69. The van der Waals surface area contributed by atoms with Gasteiger partial charge in [-0.15, -0.1) is 0 Å². The molecule has 0 radical (unpaired) electrons. The first-order chi connectivity index (χ1) is 9.54. The molecule has 1 N–H and O–H groups in total. The molecule has 0 aromatic heterocycles. The standard InChI is InChI=1S/C17H27N3/c1-14-9-5-6-10-15(14)17(2,3)13-19-16(18-4)20-11-7-8-12-20/h5-6,9-10H,7-8,11-13H2,1-4H3,(H,18,19). The molecule has 1 aromatic rings. The van der Waals surface area contributed by atoms with Gasteiger partial charge in [0.05, 0.1) is 0 Å². The molecule has 0 aliphatic carbocycles. The van der Waals surface area contributed by atoms with E-state index in [1.807, 2.05) is 7.05 Å². The molecule has 0 bridgehead atoms. The molecule has 1 aliphatic rings. The van der Waals surface area contributed by atoms with Gasteiger partial charge in [0.1, 0.15) is 0 Å². The number of nitrogens with one attached hydrogen (secondary N) is 1. The number of aryl methyl sites for hydroxylation is 1. The molecule has 3 heteroatoms. The minimum absolute atomic E-state index is 0.0982. The van der Waals surface area contributed by atoms with E-state index in [0.717, 1.165) is 25.6 Å². The van der Waals surface area contributed by atoms with Crippen LogP contribution in [0.4, 0.5) is 0 Å². The van der Waals surface area contributed by atoms with E-state index in [-0.39, 0.29) is 5.41 Å². The smallest absolute Gasteiger partial charge is 0.193 e. The van der Waals surface area contributed by atoms with Crippen LogP contribution < -0.4 is 5.32 Å². The predicted molar refractivity (Wildman–Crippen MR) is 86.4 cm³/mol. The predicted octanol–water partition coefficient (Wildman–Crippen LogP) is 2.94. The maximum absolute atomic E-state index is 4.42. The largest absolute Gasteiger partial charge is 0.355 e. The minimum Gasteiger partial charge on any atom is -0.355 e. The van der Waals surface area contributed by atoms with Crippen molar-refractivity contribution in [3.63, 3.8) is 0 Å². The molecule has 0 unspecified atom stereocenters. The van der Waals surface area contributed by atoms with E-state index in [9.17, 15) is 0 Å². The summed E-state index contributed by atoms with van der Waals surface area (Å²) in [5, 5.41) is 3.55. The molecule has 0 spiro atoms. The topological polar surface area (TPSA) is 27.6 Å². The Morgan fingerprint density at radius 2 is 1.90 bits per heavy atom. The van der Waals surface area contributed by atoms with E-state index in [1.54, 1.807) is 0 Å². The number of likely N-dealkylation sites (tertiary alicyclic amines) is 1. The van der Waals surface area contributed by atoms with Crippen molar-refractivity contribution >= 4 is 5.96 Å². The van der Waals surface area contributed by atoms with E-state index in [1.165, 1.54) is 24.0 Å². The Hall–Kier alpha value is -1.51. The SMILES string of the molecule is CN=C(NCC(C)(C)c1ccccc1C)N1CCCC1. The van der Waals surface area contributed by atoms with Gasteiger partial charge in [-0.1, -0.05) is 38.1 Å². The van der Waals surface area contributed by atoms with Crippen LogP contribution in [-0.4, -0.2) is 37.5 Å². The van der Waals surface area contributed by atoms with Gasteiger partial charge in [0.2, 0.25) is 0 Å². The number of hydrogen-bond acceptors (Lipinski definition) is 1. The molecule has 3 nitrogen and oxygen atoms in total. The molecule has 1 aromatic carbocycles.